The minimum Gasteiger partial charge on any atom is -0.348 e. The number of hydrogen-bond donors (Lipinski definition) is 2. The van der Waals surface area contributed by atoms with Gasteiger partial charge in [-0.3, -0.25) is 9.59 Å². The Labute approximate surface area is 172 Å². The van der Waals surface area contributed by atoms with Crippen LogP contribution in [0.5, 0.6) is 0 Å². The maximum absolute atomic E-state index is 13.1. The van der Waals surface area contributed by atoms with Crippen LogP contribution in [0, 0.1) is 20.8 Å². The Balaban J connectivity index is 1.99. The number of nitrogens with one attached hydrogen (secondary N) is 2. The van der Waals surface area contributed by atoms with Gasteiger partial charge in [-0.05, 0) is 56.9 Å². The molecule has 0 saturated carbocycles. The second-order valence-corrected chi connectivity index (χ2v) is 8.02. The molecule has 3 aromatic rings. The van der Waals surface area contributed by atoms with Crippen LogP contribution >= 0.6 is 0 Å². The molecular weight excluding hydrogens is 361 g/mol. The summed E-state index contributed by atoms with van der Waals surface area (Å²) in [5.74, 6) is -0.150. The van der Waals surface area contributed by atoms with Crippen LogP contribution in [-0.2, 0) is 6.54 Å². The summed E-state index contributed by atoms with van der Waals surface area (Å²) in [7, 11) is 2.02. The number of nitrogens with zero attached hydrogens (tertiary/aromatic N) is 1. The molecule has 0 aliphatic heterocycles. The molecule has 1 amide bonds. The van der Waals surface area contributed by atoms with Crippen molar-refractivity contribution in [3.63, 3.8) is 0 Å². The Morgan fingerprint density at radius 3 is 2.45 bits per heavy atom. The van der Waals surface area contributed by atoms with Crippen molar-refractivity contribution in [2.24, 2.45) is 0 Å². The fraction of sp³-hybridized carbons (Fsp3) is 0.391. The summed E-state index contributed by atoms with van der Waals surface area (Å²) in [5.41, 5.74) is 6.08. The zero-order valence-electron chi connectivity index (χ0n) is 18.3. The van der Waals surface area contributed by atoms with Gasteiger partial charge in [0.25, 0.3) is 11.5 Å². The molecule has 2 heterocycles. The lowest BCUT2D eigenvalue weighted by molar-refractivity contribution is 0.0952. The molecule has 0 aliphatic carbocycles. The number of H-pyrrole nitrogens is 1. The third-order valence-electron chi connectivity index (χ3n) is 5.77. The highest BCUT2D eigenvalue weighted by atomic mass is 16.1. The second-order valence-electron chi connectivity index (χ2n) is 8.02. The second kappa shape index (κ2) is 8.32. The largest absolute Gasteiger partial charge is 0.348 e. The molecule has 0 fully saturated rings. The third-order valence-corrected chi connectivity index (χ3v) is 5.77. The van der Waals surface area contributed by atoms with Gasteiger partial charge in [0.15, 0.2) is 0 Å². The lowest BCUT2D eigenvalue weighted by atomic mass is 9.91. The van der Waals surface area contributed by atoms with Crippen LogP contribution in [0.2, 0.25) is 0 Å². The highest BCUT2D eigenvalue weighted by Crippen LogP contribution is 2.29. The molecule has 2 aromatic heterocycles. The lowest BCUT2D eigenvalue weighted by Gasteiger charge is -2.17. The summed E-state index contributed by atoms with van der Waals surface area (Å²) in [6.07, 6.45) is 4.25. The van der Waals surface area contributed by atoms with Gasteiger partial charge in [-0.25, -0.2) is 0 Å². The average molecular weight is 391 g/mol. The Morgan fingerprint density at radius 1 is 1.14 bits per heavy atom. The maximum atomic E-state index is 13.1. The van der Waals surface area contributed by atoms with Gasteiger partial charge in [-0.15, -0.1) is 0 Å². The molecule has 5 nitrogen and oxygen atoms in total. The normalized spacial score (nSPS) is 11.4. The van der Waals surface area contributed by atoms with E-state index in [1.165, 1.54) is 0 Å². The van der Waals surface area contributed by atoms with Crippen LogP contribution in [0.4, 0.5) is 0 Å². The number of carbonyl (C=O) groups is 1. The Kier molecular flexibility index (Phi) is 6.01. The van der Waals surface area contributed by atoms with Crippen LogP contribution < -0.4 is 16.3 Å². The minimum absolute atomic E-state index is 0.145. The molecule has 6 heteroatoms. The Hall–Kier alpha value is -2.76. The van der Waals surface area contributed by atoms with Gasteiger partial charge in [-0.1, -0.05) is 25.4 Å². The Morgan fingerprint density at radius 2 is 1.83 bits per heavy atom. The number of aromatic amines is 1. The van der Waals surface area contributed by atoms with Gasteiger partial charge in [0.05, 0.1) is 0 Å². The first kappa shape index (κ1) is 21.0. The first-order valence-electron chi connectivity index (χ1n) is 10.4. The molecule has 0 bridgehead atoms. The summed E-state index contributed by atoms with van der Waals surface area (Å²) < 4.78 is 2.31. The number of benzene rings is 1. The topological polar surface area (TPSA) is 66.9 Å². The number of aromatic nitrogens is 2. The molecule has 0 atom stereocenters. The standard InChI is InChI=1S/C23H30BN3O2/c1-6-17(7-2)27-12-14(4)21-18(9-16(24)10-20(21)27)22(28)25-11-19-13(3)8-15(5)26-23(19)29/h8-10,12,17H,6-7,11,24H2,1-5H3,(H,25,28)(H,26,29). The van der Waals surface area contributed by atoms with E-state index in [1.54, 1.807) is 0 Å². The molecule has 0 saturated heterocycles. The highest BCUT2D eigenvalue weighted by Gasteiger charge is 2.19. The van der Waals surface area contributed by atoms with Crippen molar-refractivity contribution in [1.29, 1.82) is 0 Å². The summed E-state index contributed by atoms with van der Waals surface area (Å²) in [6.45, 7) is 10.4. The average Bonchev–Trinajstić information content (AvgIpc) is 2.97. The van der Waals surface area contributed by atoms with Gasteiger partial charge < -0.3 is 14.9 Å². The van der Waals surface area contributed by atoms with E-state index in [1.807, 2.05) is 33.8 Å². The summed E-state index contributed by atoms with van der Waals surface area (Å²) in [5, 5.41) is 3.96. The van der Waals surface area contributed by atoms with Crippen LogP contribution in [-0.4, -0.2) is 23.3 Å². The molecule has 0 spiro atoms. The highest BCUT2D eigenvalue weighted by molar-refractivity contribution is 6.34. The number of aryl methyl sites for hydroxylation is 3. The van der Waals surface area contributed by atoms with Gasteiger partial charge in [0.1, 0.15) is 7.85 Å². The quantitative estimate of drug-likeness (QED) is 0.635. The molecule has 2 N–H and O–H groups in total. The summed E-state index contributed by atoms with van der Waals surface area (Å²) >= 11 is 0. The molecule has 152 valence electrons. The predicted octanol–water partition coefficient (Wildman–Crippen LogP) is 2.80. The smallest absolute Gasteiger partial charge is 0.253 e. The Bertz CT molecular complexity index is 1120. The van der Waals surface area contributed by atoms with Gasteiger partial charge in [0.2, 0.25) is 0 Å². The van der Waals surface area contributed by atoms with Crippen molar-refractivity contribution in [3.05, 3.63) is 62.7 Å². The van der Waals surface area contributed by atoms with Crippen molar-refractivity contribution in [2.45, 2.75) is 60.0 Å². The number of fused-ring (bicyclic) bond motifs is 1. The van der Waals surface area contributed by atoms with Crippen LogP contribution in [0.1, 0.15) is 65.5 Å². The first-order valence-corrected chi connectivity index (χ1v) is 10.4. The number of rotatable bonds is 6. The van der Waals surface area contributed by atoms with E-state index < -0.39 is 0 Å². The van der Waals surface area contributed by atoms with Gasteiger partial charge in [-0.2, -0.15) is 0 Å². The van der Waals surface area contributed by atoms with Crippen molar-refractivity contribution in [2.75, 3.05) is 0 Å². The number of pyridine rings is 1. The van der Waals surface area contributed by atoms with Crippen molar-refractivity contribution in [1.82, 2.24) is 14.9 Å². The van der Waals surface area contributed by atoms with Crippen molar-refractivity contribution in [3.8, 4) is 0 Å². The van der Waals surface area contributed by atoms with Crippen LogP contribution in [0.25, 0.3) is 10.9 Å². The minimum atomic E-state index is -0.150. The fourth-order valence-corrected chi connectivity index (χ4v) is 4.26. The monoisotopic (exact) mass is 391 g/mol. The van der Waals surface area contributed by atoms with E-state index in [2.05, 4.69) is 47.9 Å². The third kappa shape index (κ3) is 4.02. The lowest BCUT2D eigenvalue weighted by Crippen LogP contribution is -2.28. The van der Waals surface area contributed by atoms with E-state index in [4.69, 9.17) is 0 Å². The van der Waals surface area contributed by atoms with Crippen molar-refractivity contribution >= 4 is 30.1 Å². The summed E-state index contributed by atoms with van der Waals surface area (Å²) in [4.78, 5) is 28.2. The number of amides is 1. The maximum Gasteiger partial charge on any atom is 0.253 e. The number of carbonyl (C=O) groups excluding carboxylic acids is 1. The predicted molar refractivity (Wildman–Crippen MR) is 122 cm³/mol. The van der Waals surface area contributed by atoms with Crippen LogP contribution in [0.15, 0.2) is 29.2 Å². The van der Waals surface area contributed by atoms with E-state index in [9.17, 15) is 9.59 Å². The SMILES string of the molecule is Bc1cc(C(=O)NCc2c(C)cc(C)[nH]c2=O)c2c(C)cn(C(CC)CC)c2c1. The van der Waals surface area contributed by atoms with Crippen molar-refractivity contribution < 1.29 is 4.79 Å². The van der Waals surface area contributed by atoms with Gasteiger partial charge >= 0.3 is 0 Å². The van der Waals surface area contributed by atoms with Gasteiger partial charge in [0, 0.05) is 46.5 Å². The number of hydrogen-bond acceptors (Lipinski definition) is 2. The molecule has 0 aliphatic rings. The fourth-order valence-electron chi connectivity index (χ4n) is 4.26. The molecular formula is C23H30BN3O2. The summed E-state index contributed by atoms with van der Waals surface area (Å²) in [6, 6.07) is 6.44. The van der Waals surface area contributed by atoms with E-state index >= 15 is 0 Å². The zero-order valence-corrected chi connectivity index (χ0v) is 18.3. The molecule has 29 heavy (non-hydrogen) atoms. The molecule has 0 radical (unpaired) electrons. The van der Waals surface area contributed by atoms with E-state index in [-0.39, 0.29) is 18.0 Å². The van der Waals surface area contributed by atoms with E-state index in [0.717, 1.165) is 46.0 Å². The zero-order chi connectivity index (χ0) is 21.3. The molecule has 3 rings (SSSR count). The van der Waals surface area contributed by atoms with Crippen LogP contribution in [0.3, 0.4) is 0 Å². The molecule has 0 unspecified atom stereocenters. The molecule has 1 aromatic carbocycles. The van der Waals surface area contributed by atoms with E-state index in [0.29, 0.717) is 17.2 Å². The first-order chi connectivity index (χ1) is 13.8.